The second kappa shape index (κ2) is 5.84. The molecule has 0 unspecified atom stereocenters. The molecule has 1 aliphatic heterocycles. The Balaban J connectivity index is 1.98. The highest BCUT2D eigenvalue weighted by atomic mass is 16.2. The van der Waals surface area contributed by atoms with Gasteiger partial charge in [0.2, 0.25) is 5.91 Å². The Morgan fingerprint density at radius 1 is 1.09 bits per heavy atom. The van der Waals surface area contributed by atoms with Gasteiger partial charge in [0.15, 0.2) is 5.78 Å². The largest absolute Gasteiger partial charge is 0.341 e. The number of carbonyl (C=O) groups is 2. The summed E-state index contributed by atoms with van der Waals surface area (Å²) in [6, 6.07) is 7.83. The Kier molecular flexibility index (Phi) is 4.00. The van der Waals surface area contributed by atoms with Crippen LogP contribution in [0.15, 0.2) is 30.5 Å². The highest BCUT2D eigenvalue weighted by Gasteiger charge is 2.27. The zero-order valence-electron chi connectivity index (χ0n) is 14.1. The van der Waals surface area contributed by atoms with E-state index in [0.29, 0.717) is 12.1 Å². The zero-order chi connectivity index (χ0) is 16.6. The van der Waals surface area contributed by atoms with Crippen LogP contribution in [0.25, 0.3) is 10.9 Å². The summed E-state index contributed by atoms with van der Waals surface area (Å²) in [5.41, 5.74) is 1.23. The predicted octanol–water partition coefficient (Wildman–Crippen LogP) is 3.49. The van der Waals surface area contributed by atoms with Crippen molar-refractivity contribution < 1.29 is 9.59 Å². The van der Waals surface area contributed by atoms with Crippen molar-refractivity contribution in [2.45, 2.75) is 40.2 Å². The van der Waals surface area contributed by atoms with Crippen LogP contribution in [0.5, 0.6) is 0 Å². The van der Waals surface area contributed by atoms with Crippen LogP contribution in [0, 0.1) is 5.41 Å². The third kappa shape index (κ3) is 3.03. The first-order valence-corrected chi connectivity index (χ1v) is 8.28. The highest BCUT2D eigenvalue weighted by molar-refractivity contribution is 6.10. The molecule has 1 aliphatic rings. The van der Waals surface area contributed by atoms with Crippen molar-refractivity contribution in [2.75, 3.05) is 13.1 Å². The van der Waals surface area contributed by atoms with Gasteiger partial charge in [-0.1, -0.05) is 39.0 Å². The molecule has 1 aromatic carbocycles. The lowest BCUT2D eigenvalue weighted by molar-refractivity contribution is -0.130. The van der Waals surface area contributed by atoms with Gasteiger partial charge in [-0.15, -0.1) is 0 Å². The lowest BCUT2D eigenvalue weighted by atomic mass is 9.86. The number of amides is 1. The van der Waals surface area contributed by atoms with Gasteiger partial charge in [0, 0.05) is 41.2 Å². The van der Waals surface area contributed by atoms with E-state index in [-0.39, 0.29) is 11.7 Å². The van der Waals surface area contributed by atoms with Crippen molar-refractivity contribution in [3.05, 3.63) is 36.0 Å². The number of hydrogen-bond acceptors (Lipinski definition) is 2. The van der Waals surface area contributed by atoms with E-state index < -0.39 is 5.41 Å². The molecule has 2 aromatic rings. The Morgan fingerprint density at radius 2 is 1.74 bits per heavy atom. The van der Waals surface area contributed by atoms with Crippen LogP contribution in [-0.4, -0.2) is 34.2 Å². The molecular weight excluding hydrogens is 288 g/mol. The lowest BCUT2D eigenvalue weighted by Crippen LogP contribution is -2.30. The van der Waals surface area contributed by atoms with Crippen LogP contribution >= 0.6 is 0 Å². The number of hydrogen-bond donors (Lipinski definition) is 0. The summed E-state index contributed by atoms with van der Waals surface area (Å²) in [6.07, 6.45) is 4.03. The molecule has 122 valence electrons. The van der Waals surface area contributed by atoms with Crippen LogP contribution in [0.2, 0.25) is 0 Å². The number of rotatable bonds is 3. The van der Waals surface area contributed by atoms with Crippen LogP contribution < -0.4 is 0 Å². The first-order valence-electron chi connectivity index (χ1n) is 8.28. The number of para-hydroxylation sites is 1. The van der Waals surface area contributed by atoms with Gasteiger partial charge in [0.25, 0.3) is 0 Å². The molecule has 2 heterocycles. The smallest absolute Gasteiger partial charge is 0.242 e. The molecule has 0 bridgehead atoms. The summed E-state index contributed by atoms with van der Waals surface area (Å²) in [5.74, 6) is 0.249. The number of fused-ring (bicyclic) bond motifs is 1. The number of likely N-dealkylation sites (tertiary alicyclic amines) is 1. The van der Waals surface area contributed by atoms with Crippen molar-refractivity contribution in [3.63, 3.8) is 0 Å². The van der Waals surface area contributed by atoms with E-state index in [1.165, 1.54) is 0 Å². The SMILES string of the molecule is CC(C)(C)C(=O)c1cn(CC(=O)N2CCCC2)c2ccccc12. The van der Waals surface area contributed by atoms with Gasteiger partial charge in [0.1, 0.15) is 6.54 Å². The van der Waals surface area contributed by atoms with Crippen LogP contribution in [0.4, 0.5) is 0 Å². The molecule has 23 heavy (non-hydrogen) atoms. The molecule has 1 fully saturated rings. The molecule has 0 spiro atoms. The molecule has 4 heteroatoms. The lowest BCUT2D eigenvalue weighted by Gasteiger charge is -2.16. The molecule has 1 aromatic heterocycles. The van der Waals surface area contributed by atoms with Crippen molar-refractivity contribution in [2.24, 2.45) is 5.41 Å². The van der Waals surface area contributed by atoms with Gasteiger partial charge in [-0.05, 0) is 18.9 Å². The van der Waals surface area contributed by atoms with E-state index in [1.54, 1.807) is 0 Å². The molecular formula is C19H24N2O2. The monoisotopic (exact) mass is 312 g/mol. The fraction of sp³-hybridized carbons (Fsp3) is 0.474. The number of nitrogens with zero attached hydrogens (tertiary/aromatic N) is 2. The van der Waals surface area contributed by atoms with E-state index in [2.05, 4.69) is 0 Å². The standard InChI is InChI=1S/C19H24N2O2/c1-19(2,3)18(23)15-12-21(16-9-5-4-8-14(15)16)13-17(22)20-10-6-7-11-20/h4-5,8-9,12H,6-7,10-11,13H2,1-3H3. The first-order chi connectivity index (χ1) is 10.9. The molecule has 1 amide bonds. The maximum Gasteiger partial charge on any atom is 0.242 e. The minimum absolute atomic E-state index is 0.112. The van der Waals surface area contributed by atoms with E-state index in [4.69, 9.17) is 0 Å². The predicted molar refractivity (Wildman–Crippen MR) is 91.5 cm³/mol. The fourth-order valence-electron chi connectivity index (χ4n) is 3.17. The first kappa shape index (κ1) is 15.8. The fourth-order valence-corrected chi connectivity index (χ4v) is 3.17. The van der Waals surface area contributed by atoms with E-state index in [0.717, 1.165) is 36.8 Å². The quantitative estimate of drug-likeness (QED) is 0.814. The minimum atomic E-state index is -0.437. The second-order valence-electron chi connectivity index (χ2n) is 7.35. The minimum Gasteiger partial charge on any atom is -0.341 e. The van der Waals surface area contributed by atoms with E-state index in [1.807, 2.05) is 60.7 Å². The van der Waals surface area contributed by atoms with Crippen LogP contribution in [0.3, 0.4) is 0 Å². The summed E-state index contributed by atoms with van der Waals surface area (Å²) in [6.45, 7) is 7.79. The molecule has 4 nitrogen and oxygen atoms in total. The summed E-state index contributed by atoms with van der Waals surface area (Å²) >= 11 is 0. The normalized spacial score (nSPS) is 15.3. The van der Waals surface area contributed by atoms with Crippen molar-refractivity contribution in [1.82, 2.24) is 9.47 Å². The highest BCUT2D eigenvalue weighted by Crippen LogP contribution is 2.28. The summed E-state index contributed by atoms with van der Waals surface area (Å²) in [4.78, 5) is 27.1. The number of carbonyl (C=O) groups excluding carboxylic acids is 2. The van der Waals surface area contributed by atoms with Gasteiger partial charge in [-0.25, -0.2) is 0 Å². The Morgan fingerprint density at radius 3 is 2.39 bits per heavy atom. The van der Waals surface area contributed by atoms with Gasteiger partial charge in [-0.3, -0.25) is 9.59 Å². The van der Waals surface area contributed by atoms with Crippen molar-refractivity contribution in [3.8, 4) is 0 Å². The average molecular weight is 312 g/mol. The maximum atomic E-state index is 12.7. The van der Waals surface area contributed by atoms with Crippen LogP contribution in [-0.2, 0) is 11.3 Å². The van der Waals surface area contributed by atoms with Gasteiger partial charge in [0.05, 0.1) is 0 Å². The Labute approximate surface area is 137 Å². The summed E-state index contributed by atoms with van der Waals surface area (Å²) in [7, 11) is 0. The van der Waals surface area contributed by atoms with Gasteiger partial charge >= 0.3 is 0 Å². The average Bonchev–Trinajstić information content (AvgIpc) is 3.14. The van der Waals surface area contributed by atoms with Gasteiger partial charge in [-0.2, -0.15) is 0 Å². The Hall–Kier alpha value is -2.10. The summed E-state index contributed by atoms with van der Waals surface area (Å²) < 4.78 is 1.93. The number of benzene rings is 1. The van der Waals surface area contributed by atoms with Crippen molar-refractivity contribution in [1.29, 1.82) is 0 Å². The van der Waals surface area contributed by atoms with E-state index >= 15 is 0 Å². The number of Topliss-reactive ketones (excluding diaryl/α,β-unsaturated/α-hetero) is 1. The Bertz CT molecular complexity index is 746. The molecule has 0 atom stereocenters. The molecule has 0 aliphatic carbocycles. The maximum absolute atomic E-state index is 12.7. The second-order valence-corrected chi connectivity index (χ2v) is 7.35. The van der Waals surface area contributed by atoms with Crippen LogP contribution in [0.1, 0.15) is 44.0 Å². The topological polar surface area (TPSA) is 42.3 Å². The van der Waals surface area contributed by atoms with E-state index in [9.17, 15) is 9.59 Å². The van der Waals surface area contributed by atoms with Crippen molar-refractivity contribution >= 4 is 22.6 Å². The third-order valence-electron chi connectivity index (χ3n) is 4.48. The zero-order valence-corrected chi connectivity index (χ0v) is 14.1. The number of aromatic nitrogens is 1. The number of ketones is 1. The van der Waals surface area contributed by atoms with Gasteiger partial charge < -0.3 is 9.47 Å². The molecule has 1 saturated heterocycles. The summed E-state index contributed by atoms with van der Waals surface area (Å²) in [5, 5.41) is 0.932. The molecule has 0 N–H and O–H groups in total. The molecule has 0 radical (unpaired) electrons. The third-order valence-corrected chi connectivity index (χ3v) is 4.48. The molecule has 0 saturated carbocycles. The molecule has 3 rings (SSSR count).